The van der Waals surface area contributed by atoms with Gasteiger partial charge in [0.25, 0.3) is 0 Å². The van der Waals surface area contributed by atoms with Gasteiger partial charge in [-0.15, -0.1) is 0 Å². The molecule has 0 spiro atoms. The molecule has 1 aliphatic rings. The van der Waals surface area contributed by atoms with Crippen molar-refractivity contribution in [3.05, 3.63) is 59.2 Å². The van der Waals surface area contributed by atoms with E-state index in [-0.39, 0.29) is 17.1 Å². The van der Waals surface area contributed by atoms with E-state index < -0.39 is 0 Å². The molecule has 0 saturated carbocycles. The maximum Gasteiger partial charge on any atom is 0.199 e. The first-order valence-corrected chi connectivity index (χ1v) is 6.99. The van der Waals surface area contributed by atoms with E-state index in [1.54, 1.807) is 49.6 Å². The van der Waals surface area contributed by atoms with E-state index in [4.69, 9.17) is 9.47 Å². The zero-order valence-electron chi connectivity index (χ0n) is 12.7. The van der Waals surface area contributed by atoms with Crippen LogP contribution in [-0.2, 0) is 0 Å². The fourth-order valence-corrected chi connectivity index (χ4v) is 2.45. The number of allylic oxidation sites excluding steroid dienone is 1. The quantitative estimate of drug-likeness (QED) is 0.877. The van der Waals surface area contributed by atoms with Crippen molar-refractivity contribution >= 4 is 23.4 Å². The molecule has 0 amide bonds. The second-order valence-corrected chi connectivity index (χ2v) is 4.93. The number of ketones is 1. The third kappa shape index (κ3) is 2.57. The zero-order valence-corrected chi connectivity index (χ0v) is 12.7. The number of benzene rings is 2. The van der Waals surface area contributed by atoms with Gasteiger partial charge in [0.15, 0.2) is 17.3 Å². The molecule has 1 N–H and O–H groups in total. The Morgan fingerprint density at radius 3 is 2.35 bits per heavy atom. The number of aliphatic imine (C=N–C) groups is 1. The van der Waals surface area contributed by atoms with Crippen molar-refractivity contribution in [1.29, 1.82) is 0 Å². The normalized spacial score (nSPS) is 13.6. The highest BCUT2D eigenvalue weighted by Gasteiger charge is 2.27. The summed E-state index contributed by atoms with van der Waals surface area (Å²) < 4.78 is 10.4. The summed E-state index contributed by atoms with van der Waals surface area (Å²) in [6.45, 7) is 0. The predicted octanol–water partition coefficient (Wildman–Crippen LogP) is 3.57. The molecular formula is C18H15NO4. The molecule has 0 fully saturated rings. The third-order valence-electron chi connectivity index (χ3n) is 3.64. The molecule has 0 heterocycles. The molecule has 0 aliphatic heterocycles. The van der Waals surface area contributed by atoms with Crippen LogP contribution in [0.2, 0.25) is 0 Å². The lowest BCUT2D eigenvalue weighted by Gasteiger charge is -2.07. The van der Waals surface area contributed by atoms with Gasteiger partial charge >= 0.3 is 0 Å². The number of ether oxygens (including phenoxy) is 2. The smallest absolute Gasteiger partial charge is 0.199 e. The molecule has 0 aromatic heterocycles. The molecule has 5 nitrogen and oxygen atoms in total. The molecular weight excluding hydrogens is 294 g/mol. The van der Waals surface area contributed by atoms with Gasteiger partial charge in [-0.25, -0.2) is 0 Å². The fourth-order valence-electron chi connectivity index (χ4n) is 2.45. The number of aliphatic hydroxyl groups is 1. The number of nitrogens with zero attached hydrogens (tertiary/aromatic N) is 1. The van der Waals surface area contributed by atoms with Crippen molar-refractivity contribution in [1.82, 2.24) is 0 Å². The van der Waals surface area contributed by atoms with Crippen LogP contribution in [0.3, 0.4) is 0 Å². The molecule has 0 saturated heterocycles. The number of hydrogen-bond acceptors (Lipinski definition) is 5. The van der Waals surface area contributed by atoms with Crippen molar-refractivity contribution in [2.75, 3.05) is 14.2 Å². The first kappa shape index (κ1) is 14.8. The van der Waals surface area contributed by atoms with Crippen LogP contribution in [-0.4, -0.2) is 31.3 Å². The summed E-state index contributed by atoms with van der Waals surface area (Å²) >= 11 is 0. The third-order valence-corrected chi connectivity index (χ3v) is 3.64. The van der Waals surface area contributed by atoms with E-state index in [0.717, 1.165) is 0 Å². The SMILES string of the molecule is COc1ccc(N=CC2=C(O)c3ccccc3C2=O)cc1OC. The molecule has 0 radical (unpaired) electrons. The van der Waals surface area contributed by atoms with Crippen LogP contribution in [0.25, 0.3) is 5.76 Å². The van der Waals surface area contributed by atoms with E-state index in [1.165, 1.54) is 13.3 Å². The van der Waals surface area contributed by atoms with Crippen LogP contribution >= 0.6 is 0 Å². The number of rotatable bonds is 4. The molecule has 0 atom stereocenters. The summed E-state index contributed by atoms with van der Waals surface area (Å²) in [6.07, 6.45) is 1.37. The molecule has 0 bridgehead atoms. The molecule has 1 aliphatic carbocycles. The Morgan fingerprint density at radius 2 is 1.70 bits per heavy atom. The van der Waals surface area contributed by atoms with Crippen LogP contribution in [0.5, 0.6) is 11.5 Å². The summed E-state index contributed by atoms with van der Waals surface area (Å²) in [6, 6.07) is 12.1. The number of carbonyl (C=O) groups excluding carboxylic acids is 1. The van der Waals surface area contributed by atoms with Crippen molar-refractivity contribution in [2.24, 2.45) is 4.99 Å². The Hall–Kier alpha value is -3.08. The Labute approximate surface area is 133 Å². The van der Waals surface area contributed by atoms with Gasteiger partial charge in [-0.05, 0) is 12.1 Å². The van der Waals surface area contributed by atoms with Crippen LogP contribution in [0, 0.1) is 0 Å². The van der Waals surface area contributed by atoms with Crippen molar-refractivity contribution in [3.63, 3.8) is 0 Å². The molecule has 116 valence electrons. The lowest BCUT2D eigenvalue weighted by atomic mass is 10.1. The maximum absolute atomic E-state index is 12.3. The average Bonchev–Trinajstić information content (AvgIpc) is 2.84. The van der Waals surface area contributed by atoms with E-state index >= 15 is 0 Å². The number of Topliss-reactive ketones (excluding diaryl/α,β-unsaturated/α-hetero) is 1. The molecule has 2 aromatic carbocycles. The monoisotopic (exact) mass is 309 g/mol. The Balaban J connectivity index is 1.93. The zero-order chi connectivity index (χ0) is 16.4. The first-order valence-electron chi connectivity index (χ1n) is 6.99. The van der Waals surface area contributed by atoms with Gasteiger partial charge in [0.1, 0.15) is 5.76 Å². The Kier molecular flexibility index (Phi) is 3.85. The topological polar surface area (TPSA) is 68.1 Å². The minimum absolute atomic E-state index is 0.0465. The van der Waals surface area contributed by atoms with Gasteiger partial charge in [-0.2, -0.15) is 0 Å². The summed E-state index contributed by atoms with van der Waals surface area (Å²) in [4.78, 5) is 16.6. The summed E-state index contributed by atoms with van der Waals surface area (Å²) in [5, 5.41) is 10.2. The standard InChI is InChI=1S/C18H15NO4/c1-22-15-8-7-11(9-16(15)23-2)19-10-14-17(20)12-5-3-4-6-13(12)18(14)21/h3-10,20H,1-2H3. The van der Waals surface area contributed by atoms with Crippen LogP contribution in [0.15, 0.2) is 53.0 Å². The number of carbonyl (C=O) groups is 1. The lowest BCUT2D eigenvalue weighted by Crippen LogP contribution is -1.99. The van der Waals surface area contributed by atoms with Crippen molar-refractivity contribution < 1.29 is 19.4 Å². The number of hydrogen-bond donors (Lipinski definition) is 1. The Morgan fingerprint density at radius 1 is 1.00 bits per heavy atom. The molecule has 2 aromatic rings. The minimum Gasteiger partial charge on any atom is -0.506 e. The molecule has 5 heteroatoms. The summed E-state index contributed by atoms with van der Waals surface area (Å²) in [5.74, 6) is 0.858. The minimum atomic E-state index is -0.234. The first-order chi connectivity index (χ1) is 11.2. The highest BCUT2D eigenvalue weighted by atomic mass is 16.5. The summed E-state index contributed by atoms with van der Waals surface area (Å²) in [5.41, 5.74) is 1.79. The van der Waals surface area contributed by atoms with Crippen LogP contribution in [0.1, 0.15) is 15.9 Å². The van der Waals surface area contributed by atoms with E-state index in [9.17, 15) is 9.90 Å². The van der Waals surface area contributed by atoms with Crippen LogP contribution in [0.4, 0.5) is 5.69 Å². The molecule has 0 unspecified atom stereocenters. The summed E-state index contributed by atoms with van der Waals surface area (Å²) in [7, 11) is 3.09. The van der Waals surface area contributed by atoms with E-state index in [1.807, 2.05) is 0 Å². The fraction of sp³-hybridized carbons (Fsp3) is 0.111. The number of methoxy groups -OCH3 is 2. The van der Waals surface area contributed by atoms with Gasteiger partial charge in [-0.1, -0.05) is 24.3 Å². The average molecular weight is 309 g/mol. The van der Waals surface area contributed by atoms with E-state index in [0.29, 0.717) is 28.3 Å². The second kappa shape index (κ2) is 5.96. The van der Waals surface area contributed by atoms with E-state index in [2.05, 4.69) is 4.99 Å². The van der Waals surface area contributed by atoms with Crippen molar-refractivity contribution in [2.45, 2.75) is 0 Å². The molecule has 23 heavy (non-hydrogen) atoms. The highest BCUT2D eigenvalue weighted by Crippen LogP contribution is 2.32. The maximum atomic E-state index is 12.3. The van der Waals surface area contributed by atoms with Gasteiger partial charge in [0, 0.05) is 23.4 Å². The number of aliphatic hydroxyl groups excluding tert-OH is 1. The highest BCUT2D eigenvalue weighted by molar-refractivity contribution is 6.30. The molecule has 3 rings (SSSR count). The van der Waals surface area contributed by atoms with Gasteiger partial charge in [0.2, 0.25) is 0 Å². The van der Waals surface area contributed by atoms with Crippen LogP contribution < -0.4 is 9.47 Å². The largest absolute Gasteiger partial charge is 0.506 e. The van der Waals surface area contributed by atoms with Gasteiger partial charge in [0.05, 0.1) is 25.5 Å². The van der Waals surface area contributed by atoms with Gasteiger partial charge < -0.3 is 14.6 Å². The number of fused-ring (bicyclic) bond motifs is 1. The predicted molar refractivity (Wildman–Crippen MR) is 88.0 cm³/mol. The second-order valence-electron chi connectivity index (χ2n) is 4.93. The lowest BCUT2D eigenvalue weighted by molar-refractivity contribution is 0.104. The van der Waals surface area contributed by atoms with Crippen molar-refractivity contribution in [3.8, 4) is 11.5 Å². The van der Waals surface area contributed by atoms with Gasteiger partial charge in [-0.3, -0.25) is 9.79 Å². The Bertz CT molecular complexity index is 837.